The summed E-state index contributed by atoms with van der Waals surface area (Å²) in [4.78, 5) is 0. The predicted molar refractivity (Wildman–Crippen MR) is 98.7 cm³/mol. The van der Waals surface area contributed by atoms with E-state index in [9.17, 15) is 0 Å². The third-order valence-corrected chi connectivity index (χ3v) is 4.31. The van der Waals surface area contributed by atoms with Gasteiger partial charge in [0.15, 0.2) is 0 Å². The molecule has 3 heteroatoms. The minimum absolute atomic E-state index is 0.244. The highest BCUT2D eigenvalue weighted by Gasteiger charge is 2.09. The van der Waals surface area contributed by atoms with Gasteiger partial charge in [0.1, 0.15) is 11.5 Å². The molecule has 0 aliphatic carbocycles. The normalized spacial score (nSPS) is 12.1. The summed E-state index contributed by atoms with van der Waals surface area (Å²) in [6.45, 7) is 2.94. The fourth-order valence-electron chi connectivity index (χ4n) is 2.98. The lowest BCUT2D eigenvalue weighted by molar-refractivity contribution is 0.393. The van der Waals surface area contributed by atoms with Crippen LogP contribution in [0.25, 0.3) is 10.8 Å². The van der Waals surface area contributed by atoms with E-state index in [0.717, 1.165) is 23.6 Å². The molecule has 24 heavy (non-hydrogen) atoms. The van der Waals surface area contributed by atoms with E-state index >= 15 is 0 Å². The summed E-state index contributed by atoms with van der Waals surface area (Å²) in [6, 6.07) is 21.1. The Labute approximate surface area is 143 Å². The van der Waals surface area contributed by atoms with Crippen molar-refractivity contribution in [1.82, 2.24) is 5.32 Å². The van der Waals surface area contributed by atoms with Gasteiger partial charge in [-0.2, -0.15) is 0 Å². The summed E-state index contributed by atoms with van der Waals surface area (Å²) in [5.41, 5.74) is 2.45. The lowest BCUT2D eigenvalue weighted by Crippen LogP contribution is -2.18. The van der Waals surface area contributed by atoms with Gasteiger partial charge in [0.25, 0.3) is 0 Å². The van der Waals surface area contributed by atoms with Crippen LogP contribution in [0.3, 0.4) is 0 Å². The smallest absolute Gasteiger partial charge is 0.122 e. The summed E-state index contributed by atoms with van der Waals surface area (Å²) in [5, 5.41) is 6.16. The molecule has 3 rings (SSSR count). The fourth-order valence-corrected chi connectivity index (χ4v) is 2.98. The van der Waals surface area contributed by atoms with Crippen LogP contribution >= 0.6 is 0 Å². The first-order valence-electron chi connectivity index (χ1n) is 8.14. The first-order valence-corrected chi connectivity index (χ1v) is 8.14. The van der Waals surface area contributed by atoms with Crippen molar-refractivity contribution in [1.29, 1.82) is 0 Å². The van der Waals surface area contributed by atoms with Crippen molar-refractivity contribution < 1.29 is 9.47 Å². The Balaban J connectivity index is 1.79. The van der Waals surface area contributed by atoms with Crippen LogP contribution in [-0.2, 0) is 6.54 Å². The van der Waals surface area contributed by atoms with E-state index in [1.807, 2.05) is 18.2 Å². The Hall–Kier alpha value is -2.52. The monoisotopic (exact) mass is 321 g/mol. The standard InChI is InChI=1S/C21H23NO2/c1-15(20-10-6-8-17-7-4-5-9-21(17)20)22-14-16-11-18(23-2)13-19(12-16)24-3/h4-13,15,22H,14H2,1-3H3. The van der Waals surface area contributed by atoms with Crippen LogP contribution in [0.5, 0.6) is 11.5 Å². The first kappa shape index (κ1) is 16.3. The van der Waals surface area contributed by atoms with E-state index in [4.69, 9.17) is 9.47 Å². The molecule has 0 saturated heterocycles. The molecule has 124 valence electrons. The molecular formula is C21H23NO2. The number of hydrogen-bond acceptors (Lipinski definition) is 3. The van der Waals surface area contributed by atoms with Crippen LogP contribution < -0.4 is 14.8 Å². The molecule has 0 heterocycles. The van der Waals surface area contributed by atoms with Crippen molar-refractivity contribution in [2.45, 2.75) is 19.5 Å². The third kappa shape index (κ3) is 3.52. The number of fused-ring (bicyclic) bond motifs is 1. The Kier molecular flexibility index (Phi) is 5.02. The van der Waals surface area contributed by atoms with Crippen molar-refractivity contribution in [2.75, 3.05) is 14.2 Å². The molecule has 0 bridgehead atoms. The van der Waals surface area contributed by atoms with Crippen molar-refractivity contribution in [3.8, 4) is 11.5 Å². The van der Waals surface area contributed by atoms with Crippen molar-refractivity contribution in [3.63, 3.8) is 0 Å². The molecule has 0 aliphatic heterocycles. The number of methoxy groups -OCH3 is 2. The average molecular weight is 321 g/mol. The minimum Gasteiger partial charge on any atom is -0.497 e. The fraction of sp³-hybridized carbons (Fsp3) is 0.238. The van der Waals surface area contributed by atoms with Crippen molar-refractivity contribution in [3.05, 3.63) is 71.8 Å². The van der Waals surface area contributed by atoms with E-state index in [-0.39, 0.29) is 6.04 Å². The van der Waals surface area contributed by atoms with Crippen molar-refractivity contribution in [2.24, 2.45) is 0 Å². The number of nitrogens with one attached hydrogen (secondary N) is 1. The SMILES string of the molecule is COc1cc(CNC(C)c2cccc3ccccc23)cc(OC)c1. The molecule has 0 saturated carbocycles. The van der Waals surface area contributed by atoms with Gasteiger partial charge in [0, 0.05) is 18.7 Å². The van der Waals surface area contributed by atoms with E-state index in [1.165, 1.54) is 16.3 Å². The third-order valence-electron chi connectivity index (χ3n) is 4.31. The van der Waals surface area contributed by atoms with Crippen LogP contribution in [0, 0.1) is 0 Å². The van der Waals surface area contributed by atoms with Crippen LogP contribution in [0.1, 0.15) is 24.1 Å². The van der Waals surface area contributed by atoms with E-state index in [0.29, 0.717) is 0 Å². The Morgan fingerprint density at radius 3 is 2.25 bits per heavy atom. The first-order chi connectivity index (χ1) is 11.7. The molecule has 0 fully saturated rings. The molecule has 0 spiro atoms. The van der Waals surface area contributed by atoms with Crippen LogP contribution in [0.15, 0.2) is 60.7 Å². The number of benzene rings is 3. The highest BCUT2D eigenvalue weighted by atomic mass is 16.5. The lowest BCUT2D eigenvalue weighted by atomic mass is 9.99. The lowest BCUT2D eigenvalue weighted by Gasteiger charge is -2.17. The molecule has 0 aromatic heterocycles. The number of hydrogen-bond donors (Lipinski definition) is 1. The molecule has 3 aromatic carbocycles. The van der Waals surface area contributed by atoms with Gasteiger partial charge in [-0.3, -0.25) is 0 Å². The van der Waals surface area contributed by atoms with Gasteiger partial charge in [-0.25, -0.2) is 0 Å². The minimum atomic E-state index is 0.244. The molecule has 0 radical (unpaired) electrons. The van der Waals surface area contributed by atoms with E-state index in [1.54, 1.807) is 14.2 Å². The molecule has 3 nitrogen and oxygen atoms in total. The van der Waals surface area contributed by atoms with Gasteiger partial charge in [-0.15, -0.1) is 0 Å². The van der Waals surface area contributed by atoms with Gasteiger partial charge >= 0.3 is 0 Å². The molecule has 1 atom stereocenters. The molecule has 3 aromatic rings. The molecule has 1 unspecified atom stereocenters. The Bertz CT molecular complexity index is 801. The summed E-state index contributed by atoms with van der Waals surface area (Å²) < 4.78 is 10.7. The molecule has 0 amide bonds. The maximum absolute atomic E-state index is 5.34. The highest BCUT2D eigenvalue weighted by molar-refractivity contribution is 5.86. The summed E-state index contributed by atoms with van der Waals surface area (Å²) in [5.74, 6) is 1.62. The predicted octanol–water partition coefficient (Wildman–Crippen LogP) is 4.71. The second kappa shape index (κ2) is 7.37. The zero-order valence-corrected chi connectivity index (χ0v) is 14.4. The summed E-state index contributed by atoms with van der Waals surface area (Å²) in [7, 11) is 3.34. The van der Waals surface area contributed by atoms with E-state index < -0.39 is 0 Å². The van der Waals surface area contributed by atoms with Crippen molar-refractivity contribution >= 4 is 10.8 Å². The van der Waals surface area contributed by atoms with Gasteiger partial charge in [0.2, 0.25) is 0 Å². The molecule has 0 aliphatic rings. The molecule has 1 N–H and O–H groups in total. The van der Waals surface area contributed by atoms with Crippen LogP contribution in [0.2, 0.25) is 0 Å². The van der Waals surface area contributed by atoms with Gasteiger partial charge < -0.3 is 14.8 Å². The van der Waals surface area contributed by atoms with Crippen LogP contribution in [0.4, 0.5) is 0 Å². The maximum atomic E-state index is 5.34. The zero-order valence-electron chi connectivity index (χ0n) is 14.4. The second-order valence-corrected chi connectivity index (χ2v) is 5.89. The summed E-state index contributed by atoms with van der Waals surface area (Å²) in [6.07, 6.45) is 0. The Morgan fingerprint density at radius 2 is 1.54 bits per heavy atom. The topological polar surface area (TPSA) is 30.5 Å². The maximum Gasteiger partial charge on any atom is 0.122 e. The van der Waals surface area contributed by atoms with Gasteiger partial charge in [-0.1, -0.05) is 42.5 Å². The van der Waals surface area contributed by atoms with Gasteiger partial charge in [0.05, 0.1) is 14.2 Å². The molecular weight excluding hydrogens is 298 g/mol. The second-order valence-electron chi connectivity index (χ2n) is 5.89. The number of ether oxygens (including phenoxy) is 2. The summed E-state index contributed by atoms with van der Waals surface area (Å²) >= 11 is 0. The highest BCUT2D eigenvalue weighted by Crippen LogP contribution is 2.26. The number of rotatable bonds is 6. The quantitative estimate of drug-likeness (QED) is 0.713. The average Bonchev–Trinajstić information content (AvgIpc) is 2.65. The van der Waals surface area contributed by atoms with E-state index in [2.05, 4.69) is 54.7 Å². The largest absolute Gasteiger partial charge is 0.497 e. The Morgan fingerprint density at radius 1 is 0.875 bits per heavy atom. The van der Waals surface area contributed by atoms with Crippen LogP contribution in [-0.4, -0.2) is 14.2 Å². The zero-order chi connectivity index (χ0) is 16.9. The van der Waals surface area contributed by atoms with Gasteiger partial charge in [-0.05, 0) is 41.0 Å².